The van der Waals surface area contributed by atoms with Crippen LogP contribution < -0.4 is 5.22 Å². The highest BCUT2D eigenvalue weighted by atomic mass is 14.3. The highest BCUT2D eigenvalue weighted by Gasteiger charge is 2.25. The number of hydrogen-bond acceptors (Lipinski definition) is 0. The third kappa shape index (κ3) is 1.66. The van der Waals surface area contributed by atoms with Crippen molar-refractivity contribution in [2.24, 2.45) is 0 Å². The van der Waals surface area contributed by atoms with Gasteiger partial charge < -0.3 is 0 Å². The highest BCUT2D eigenvalue weighted by molar-refractivity contribution is 6.31. The van der Waals surface area contributed by atoms with Crippen LogP contribution in [-0.2, 0) is 6.42 Å². The Balaban J connectivity index is 1.63. The van der Waals surface area contributed by atoms with Gasteiger partial charge in [-0.2, -0.15) is 0 Å². The molecule has 2 aliphatic carbocycles. The predicted molar refractivity (Wildman–Crippen MR) is 129 cm³/mol. The Morgan fingerprint density at radius 3 is 1.97 bits per heavy atom. The van der Waals surface area contributed by atoms with Gasteiger partial charge in [0.1, 0.15) is 0 Å². The molecule has 0 aromatic heterocycles. The van der Waals surface area contributed by atoms with Crippen LogP contribution in [0.15, 0.2) is 78.9 Å². The largest absolute Gasteiger partial charge is 0.0763 e. The number of benzene rings is 6. The topological polar surface area (TPSA) is 0 Å². The van der Waals surface area contributed by atoms with E-state index < -0.39 is 0 Å². The van der Waals surface area contributed by atoms with E-state index in [2.05, 4.69) is 84.9 Å². The minimum absolute atomic E-state index is 1.13. The van der Waals surface area contributed by atoms with Crippen molar-refractivity contribution in [3.05, 3.63) is 89.6 Å². The first kappa shape index (κ1) is 15.2. The molecule has 6 aromatic rings. The summed E-state index contributed by atoms with van der Waals surface area (Å²) in [5, 5.41) is 12.7. The predicted octanol–water partition coefficient (Wildman–Crippen LogP) is 7.39. The summed E-state index contributed by atoms with van der Waals surface area (Å²) in [6.07, 6.45) is 4.68. The van der Waals surface area contributed by atoms with Crippen molar-refractivity contribution in [2.75, 3.05) is 0 Å². The molecule has 0 saturated carbocycles. The lowest BCUT2D eigenvalue weighted by Gasteiger charge is -2.19. The van der Waals surface area contributed by atoms with Gasteiger partial charge in [0.15, 0.2) is 0 Å². The van der Waals surface area contributed by atoms with Crippen LogP contribution in [0.4, 0.5) is 0 Å². The SMILES string of the molecule is C1=c2cccc3c2c(c2ccc4c5c(ccc3c25)-c2cc3ccccc3cc2-4)CC1. The lowest BCUT2D eigenvalue weighted by molar-refractivity contribution is 1.05. The molecule has 0 amide bonds. The maximum absolute atomic E-state index is 2.41. The fourth-order valence-electron chi connectivity index (χ4n) is 6.17. The fourth-order valence-corrected chi connectivity index (χ4v) is 6.17. The minimum atomic E-state index is 1.13. The second-order valence-electron chi connectivity index (χ2n) is 8.81. The summed E-state index contributed by atoms with van der Waals surface area (Å²) in [6, 6.07) is 29.8. The van der Waals surface area contributed by atoms with Gasteiger partial charge in [0.2, 0.25) is 0 Å². The smallest absolute Gasteiger partial charge is 0.00140 e. The molecule has 0 bridgehead atoms. The molecule has 0 saturated heterocycles. The van der Waals surface area contributed by atoms with Crippen molar-refractivity contribution in [3.63, 3.8) is 0 Å². The zero-order valence-electron chi connectivity index (χ0n) is 16.5. The molecule has 0 atom stereocenters. The van der Waals surface area contributed by atoms with Gasteiger partial charge >= 0.3 is 0 Å². The monoisotopic (exact) mass is 378 g/mol. The molecule has 0 heterocycles. The molecule has 0 spiro atoms. The first-order valence-electron chi connectivity index (χ1n) is 10.8. The molecule has 0 radical (unpaired) electrons. The van der Waals surface area contributed by atoms with E-state index in [4.69, 9.17) is 0 Å². The van der Waals surface area contributed by atoms with Crippen LogP contribution in [0.3, 0.4) is 0 Å². The van der Waals surface area contributed by atoms with E-state index in [0.717, 1.165) is 12.8 Å². The highest BCUT2D eigenvalue weighted by Crippen LogP contribution is 2.52. The van der Waals surface area contributed by atoms with E-state index in [1.54, 1.807) is 5.56 Å². The Bertz CT molecular complexity index is 1730. The molecule has 8 rings (SSSR count). The van der Waals surface area contributed by atoms with Gasteiger partial charge in [-0.15, -0.1) is 0 Å². The number of fused-ring (bicyclic) bond motifs is 6. The van der Waals surface area contributed by atoms with E-state index in [9.17, 15) is 0 Å². The number of aryl methyl sites for hydroxylation is 1. The molecule has 0 heteroatoms. The Labute approximate surface area is 174 Å². The van der Waals surface area contributed by atoms with Gasteiger partial charge in [0.05, 0.1) is 0 Å². The zero-order chi connectivity index (χ0) is 19.4. The van der Waals surface area contributed by atoms with E-state index in [0.29, 0.717) is 0 Å². The molecular weight excluding hydrogens is 360 g/mol. The molecule has 2 aliphatic rings. The zero-order valence-corrected chi connectivity index (χ0v) is 16.5. The first-order chi connectivity index (χ1) is 14.9. The quantitative estimate of drug-likeness (QED) is 0.191. The van der Waals surface area contributed by atoms with Crippen LogP contribution in [-0.4, -0.2) is 0 Å². The normalized spacial score (nSPS) is 14.0. The molecule has 138 valence electrons. The van der Waals surface area contributed by atoms with Gasteiger partial charge in [0, 0.05) is 0 Å². The van der Waals surface area contributed by atoms with Crippen LogP contribution in [0.1, 0.15) is 12.0 Å². The Morgan fingerprint density at radius 1 is 0.500 bits per heavy atom. The number of rotatable bonds is 0. The summed E-state index contributed by atoms with van der Waals surface area (Å²) in [7, 11) is 0. The second kappa shape index (κ2) is 5.09. The van der Waals surface area contributed by atoms with Gasteiger partial charge in [0.25, 0.3) is 0 Å². The maximum atomic E-state index is 2.41. The summed E-state index contributed by atoms with van der Waals surface area (Å²) in [5.41, 5.74) is 7.10. The Morgan fingerprint density at radius 2 is 1.20 bits per heavy atom. The van der Waals surface area contributed by atoms with Crippen molar-refractivity contribution < 1.29 is 0 Å². The van der Waals surface area contributed by atoms with Crippen LogP contribution >= 0.6 is 0 Å². The van der Waals surface area contributed by atoms with Gasteiger partial charge in [-0.1, -0.05) is 72.8 Å². The molecule has 30 heavy (non-hydrogen) atoms. The molecule has 0 aliphatic heterocycles. The van der Waals surface area contributed by atoms with Crippen LogP contribution in [0.2, 0.25) is 0 Å². The van der Waals surface area contributed by atoms with E-state index in [-0.39, 0.29) is 0 Å². The molecule has 6 aromatic carbocycles. The van der Waals surface area contributed by atoms with Crippen molar-refractivity contribution in [1.82, 2.24) is 0 Å². The van der Waals surface area contributed by atoms with Crippen LogP contribution in [0.5, 0.6) is 0 Å². The van der Waals surface area contributed by atoms with Crippen LogP contribution in [0, 0.1) is 0 Å². The van der Waals surface area contributed by atoms with Gasteiger partial charge in [-0.25, -0.2) is 0 Å². The molecular formula is C30H18. The van der Waals surface area contributed by atoms with Crippen LogP contribution in [0.25, 0.3) is 71.4 Å². The maximum Gasteiger partial charge on any atom is -0.00140 e. The Kier molecular flexibility index (Phi) is 2.59. The van der Waals surface area contributed by atoms with E-state index in [1.165, 1.54) is 70.6 Å². The summed E-state index contributed by atoms with van der Waals surface area (Å²) >= 11 is 0. The van der Waals surface area contributed by atoms with Crippen molar-refractivity contribution >= 4 is 49.2 Å². The third-order valence-corrected chi connectivity index (χ3v) is 7.40. The standard InChI is InChI=1S/C30H18/c1-2-6-19-16-27-25-14-12-23-21-10-4-8-17-7-3-9-20(28(17)21)22-11-13-24(30(25)29(22)23)26(27)15-18(19)5-1/h1-3,5-9,11-16H,4,10H2. The fraction of sp³-hybridized carbons (Fsp3) is 0.0667. The summed E-state index contributed by atoms with van der Waals surface area (Å²) < 4.78 is 0. The average molecular weight is 378 g/mol. The minimum Gasteiger partial charge on any atom is -0.0763 e. The summed E-state index contributed by atoms with van der Waals surface area (Å²) in [5.74, 6) is 0. The van der Waals surface area contributed by atoms with Gasteiger partial charge in [-0.3, -0.25) is 0 Å². The second-order valence-corrected chi connectivity index (χ2v) is 8.81. The lowest BCUT2D eigenvalue weighted by atomic mass is 9.84. The summed E-state index contributed by atoms with van der Waals surface area (Å²) in [6.45, 7) is 0. The van der Waals surface area contributed by atoms with Crippen molar-refractivity contribution in [1.29, 1.82) is 0 Å². The first-order valence-corrected chi connectivity index (χ1v) is 10.8. The van der Waals surface area contributed by atoms with Crippen molar-refractivity contribution in [3.8, 4) is 22.3 Å². The van der Waals surface area contributed by atoms with Gasteiger partial charge in [-0.05, 0) is 101 Å². The third-order valence-electron chi connectivity index (χ3n) is 7.40. The molecule has 0 N–H and O–H groups in total. The van der Waals surface area contributed by atoms with Crippen molar-refractivity contribution in [2.45, 2.75) is 12.8 Å². The van der Waals surface area contributed by atoms with E-state index in [1.807, 2.05) is 0 Å². The molecule has 0 unspecified atom stereocenters. The molecule has 0 fully saturated rings. The molecule has 0 nitrogen and oxygen atoms in total. The Hall–Kier alpha value is -3.64. The lowest BCUT2D eigenvalue weighted by Crippen LogP contribution is -2.10. The number of hydrogen-bond donors (Lipinski definition) is 0. The average Bonchev–Trinajstić information content (AvgIpc) is 3.12. The summed E-state index contributed by atoms with van der Waals surface area (Å²) in [4.78, 5) is 0. The van der Waals surface area contributed by atoms with E-state index >= 15 is 0 Å².